The molecule has 0 spiro atoms. The van der Waals surface area contributed by atoms with Crippen LogP contribution in [0.3, 0.4) is 0 Å². The van der Waals surface area contributed by atoms with Crippen molar-refractivity contribution >= 4 is 12.3 Å². The molecule has 3 aromatic rings. The Morgan fingerprint density at radius 1 is 0.935 bits per heavy atom. The fourth-order valence-corrected chi connectivity index (χ4v) is 3.72. The first-order chi connectivity index (χ1) is 14.8. The van der Waals surface area contributed by atoms with Crippen molar-refractivity contribution in [1.29, 1.82) is 0 Å². The molecule has 0 aliphatic rings. The number of benzene rings is 3. The van der Waals surface area contributed by atoms with Gasteiger partial charge in [0.25, 0.3) is 0 Å². The van der Waals surface area contributed by atoms with Crippen LogP contribution in [-0.2, 0) is 9.53 Å². The first-order valence-corrected chi connectivity index (χ1v) is 10.3. The van der Waals surface area contributed by atoms with Crippen molar-refractivity contribution in [3.63, 3.8) is 0 Å². The average Bonchev–Trinajstić information content (AvgIpc) is 2.76. The highest BCUT2D eigenvalue weighted by molar-refractivity contribution is 5.81. The zero-order valence-electron chi connectivity index (χ0n) is 18.4. The standard InChI is InChI=1S/C27H28O4/c1-27(2,3)31-26(29)17-25(23-15-14-21(30-4)16-20(23)18-28)24-13-9-8-12-22(24)19-10-6-5-7-11-19/h5-16,18,25H,17H2,1-4H3. The van der Waals surface area contributed by atoms with Crippen LogP contribution in [0, 0.1) is 0 Å². The van der Waals surface area contributed by atoms with E-state index in [1.807, 2.05) is 87.5 Å². The molecule has 160 valence electrons. The third-order valence-corrected chi connectivity index (χ3v) is 5.01. The molecule has 0 heterocycles. The lowest BCUT2D eigenvalue weighted by Crippen LogP contribution is -2.25. The molecule has 0 fully saturated rings. The number of ether oxygens (including phenoxy) is 2. The van der Waals surface area contributed by atoms with Crippen molar-refractivity contribution in [3.8, 4) is 16.9 Å². The van der Waals surface area contributed by atoms with Gasteiger partial charge in [-0.05, 0) is 55.2 Å². The molecule has 4 nitrogen and oxygen atoms in total. The van der Waals surface area contributed by atoms with Crippen LogP contribution < -0.4 is 4.74 Å². The Morgan fingerprint density at radius 2 is 1.61 bits per heavy atom. The summed E-state index contributed by atoms with van der Waals surface area (Å²) < 4.78 is 10.9. The number of methoxy groups -OCH3 is 1. The van der Waals surface area contributed by atoms with Crippen molar-refractivity contribution in [2.24, 2.45) is 0 Å². The third kappa shape index (κ3) is 5.60. The maximum atomic E-state index is 12.9. The molecular formula is C27H28O4. The summed E-state index contributed by atoms with van der Waals surface area (Å²) in [4.78, 5) is 24.8. The number of esters is 1. The first kappa shape index (κ1) is 22.3. The van der Waals surface area contributed by atoms with E-state index in [0.29, 0.717) is 11.3 Å². The first-order valence-electron chi connectivity index (χ1n) is 10.3. The Morgan fingerprint density at radius 3 is 2.26 bits per heavy atom. The number of carbonyl (C=O) groups is 2. The second kappa shape index (κ2) is 9.61. The van der Waals surface area contributed by atoms with Gasteiger partial charge in [0.15, 0.2) is 0 Å². The van der Waals surface area contributed by atoms with Gasteiger partial charge in [0.05, 0.1) is 13.5 Å². The van der Waals surface area contributed by atoms with E-state index in [1.165, 1.54) is 0 Å². The number of carbonyl (C=O) groups excluding carboxylic acids is 2. The van der Waals surface area contributed by atoms with Crippen LogP contribution in [0.25, 0.3) is 11.1 Å². The maximum absolute atomic E-state index is 12.9. The normalized spacial score (nSPS) is 12.1. The largest absolute Gasteiger partial charge is 0.497 e. The summed E-state index contributed by atoms with van der Waals surface area (Å²) in [6, 6.07) is 23.4. The van der Waals surface area contributed by atoms with E-state index in [0.717, 1.165) is 28.5 Å². The van der Waals surface area contributed by atoms with Crippen LogP contribution in [0.1, 0.15) is 54.6 Å². The fraction of sp³-hybridized carbons (Fsp3) is 0.259. The van der Waals surface area contributed by atoms with Crippen LogP contribution >= 0.6 is 0 Å². The average molecular weight is 417 g/mol. The smallest absolute Gasteiger partial charge is 0.307 e. The molecule has 0 bridgehead atoms. The summed E-state index contributed by atoms with van der Waals surface area (Å²) in [7, 11) is 1.56. The molecule has 1 atom stereocenters. The van der Waals surface area contributed by atoms with Crippen LogP contribution in [0.15, 0.2) is 72.8 Å². The summed E-state index contributed by atoms with van der Waals surface area (Å²) in [5.74, 6) is -0.0661. The van der Waals surface area contributed by atoms with E-state index in [4.69, 9.17) is 9.47 Å². The second-order valence-electron chi connectivity index (χ2n) is 8.41. The topological polar surface area (TPSA) is 52.6 Å². The molecule has 1 unspecified atom stereocenters. The lowest BCUT2D eigenvalue weighted by molar-refractivity contribution is -0.155. The Balaban J connectivity index is 2.15. The van der Waals surface area contributed by atoms with Gasteiger partial charge in [0, 0.05) is 11.5 Å². The fourth-order valence-electron chi connectivity index (χ4n) is 3.72. The lowest BCUT2D eigenvalue weighted by Gasteiger charge is -2.25. The van der Waals surface area contributed by atoms with Crippen LogP contribution in [0.5, 0.6) is 5.75 Å². The molecule has 0 radical (unpaired) electrons. The molecule has 0 aromatic heterocycles. The summed E-state index contributed by atoms with van der Waals surface area (Å²) in [6.07, 6.45) is 0.930. The number of aldehydes is 1. The number of hydrogen-bond donors (Lipinski definition) is 0. The summed E-state index contributed by atoms with van der Waals surface area (Å²) in [5, 5.41) is 0. The quantitative estimate of drug-likeness (QED) is 0.348. The molecule has 4 heteroatoms. The summed E-state index contributed by atoms with van der Waals surface area (Å²) >= 11 is 0. The zero-order valence-corrected chi connectivity index (χ0v) is 18.4. The summed E-state index contributed by atoms with van der Waals surface area (Å²) in [5.41, 5.74) is 3.71. The highest BCUT2D eigenvalue weighted by Gasteiger charge is 2.26. The molecule has 0 aliphatic carbocycles. The van der Waals surface area contributed by atoms with Gasteiger partial charge in [0.1, 0.15) is 17.6 Å². The molecule has 0 saturated heterocycles. The second-order valence-corrected chi connectivity index (χ2v) is 8.41. The Hall–Kier alpha value is -3.40. The number of hydrogen-bond acceptors (Lipinski definition) is 4. The Bertz CT molecular complexity index is 1050. The lowest BCUT2D eigenvalue weighted by atomic mass is 9.82. The van der Waals surface area contributed by atoms with E-state index in [-0.39, 0.29) is 18.3 Å². The van der Waals surface area contributed by atoms with Crippen molar-refractivity contribution < 1.29 is 19.1 Å². The van der Waals surface area contributed by atoms with Gasteiger partial charge in [0.2, 0.25) is 0 Å². The third-order valence-electron chi connectivity index (χ3n) is 5.01. The zero-order chi connectivity index (χ0) is 22.4. The summed E-state index contributed by atoms with van der Waals surface area (Å²) in [6.45, 7) is 5.55. The molecular weight excluding hydrogens is 388 g/mol. The van der Waals surface area contributed by atoms with E-state index >= 15 is 0 Å². The van der Waals surface area contributed by atoms with E-state index in [1.54, 1.807) is 13.2 Å². The van der Waals surface area contributed by atoms with Gasteiger partial charge in [-0.25, -0.2) is 0 Å². The SMILES string of the molecule is COc1ccc(C(CC(=O)OC(C)(C)C)c2ccccc2-c2ccccc2)c(C=O)c1. The minimum atomic E-state index is -0.589. The minimum absolute atomic E-state index is 0.119. The molecule has 31 heavy (non-hydrogen) atoms. The molecule has 0 amide bonds. The molecule has 0 saturated carbocycles. The van der Waals surface area contributed by atoms with Gasteiger partial charge in [-0.2, -0.15) is 0 Å². The molecule has 0 N–H and O–H groups in total. The van der Waals surface area contributed by atoms with Gasteiger partial charge in [-0.15, -0.1) is 0 Å². The van der Waals surface area contributed by atoms with Gasteiger partial charge in [-0.3, -0.25) is 9.59 Å². The van der Waals surface area contributed by atoms with Crippen molar-refractivity contribution in [3.05, 3.63) is 89.5 Å². The minimum Gasteiger partial charge on any atom is -0.497 e. The Kier molecular flexibility index (Phi) is 6.91. The van der Waals surface area contributed by atoms with Gasteiger partial charge < -0.3 is 9.47 Å². The molecule has 0 aliphatic heterocycles. The predicted molar refractivity (Wildman–Crippen MR) is 123 cm³/mol. The Labute approximate surface area is 183 Å². The van der Waals surface area contributed by atoms with Crippen LogP contribution in [0.2, 0.25) is 0 Å². The van der Waals surface area contributed by atoms with Crippen LogP contribution in [0.4, 0.5) is 0 Å². The molecule has 3 aromatic carbocycles. The van der Waals surface area contributed by atoms with Crippen molar-refractivity contribution in [1.82, 2.24) is 0 Å². The highest BCUT2D eigenvalue weighted by Crippen LogP contribution is 2.38. The highest BCUT2D eigenvalue weighted by atomic mass is 16.6. The maximum Gasteiger partial charge on any atom is 0.307 e. The monoisotopic (exact) mass is 416 g/mol. The van der Waals surface area contributed by atoms with Gasteiger partial charge in [-0.1, -0.05) is 60.7 Å². The van der Waals surface area contributed by atoms with E-state index in [2.05, 4.69) is 0 Å². The van der Waals surface area contributed by atoms with Gasteiger partial charge >= 0.3 is 5.97 Å². The van der Waals surface area contributed by atoms with E-state index < -0.39 is 5.60 Å². The molecule has 3 rings (SSSR count). The predicted octanol–water partition coefficient (Wildman–Crippen LogP) is 6.04. The van der Waals surface area contributed by atoms with Crippen LogP contribution in [-0.4, -0.2) is 25.0 Å². The van der Waals surface area contributed by atoms with Crippen molar-refractivity contribution in [2.45, 2.75) is 38.7 Å². The number of rotatable bonds is 7. The van der Waals surface area contributed by atoms with Crippen molar-refractivity contribution in [2.75, 3.05) is 7.11 Å². The van der Waals surface area contributed by atoms with E-state index in [9.17, 15) is 9.59 Å².